The summed E-state index contributed by atoms with van der Waals surface area (Å²) < 4.78 is 6.15. The van der Waals surface area contributed by atoms with Crippen molar-refractivity contribution < 1.29 is 9.84 Å². The molecule has 0 bridgehead atoms. The van der Waals surface area contributed by atoms with Gasteiger partial charge in [-0.1, -0.05) is 15.9 Å². The monoisotopic (exact) mass is 282 g/mol. The molecule has 86 valence electrons. The van der Waals surface area contributed by atoms with Crippen LogP contribution in [0.3, 0.4) is 0 Å². The van der Waals surface area contributed by atoms with Gasteiger partial charge in [-0.15, -0.1) is 11.8 Å². The van der Waals surface area contributed by atoms with Gasteiger partial charge in [-0.2, -0.15) is 0 Å². The summed E-state index contributed by atoms with van der Waals surface area (Å²) >= 11 is 3.38. The van der Waals surface area contributed by atoms with Crippen molar-refractivity contribution in [3.05, 3.63) is 28.2 Å². The van der Waals surface area contributed by atoms with E-state index in [1.807, 2.05) is 18.2 Å². The predicted octanol–water partition coefficient (Wildman–Crippen LogP) is 3.29. The maximum atomic E-state index is 10.0. The normalized spacial score (nSPS) is 11.5. The predicted molar refractivity (Wildman–Crippen MR) is 68.3 cm³/mol. The molecule has 1 aromatic carbocycles. The highest BCUT2D eigenvalue weighted by molar-refractivity contribution is 9.10. The Bertz CT molecular complexity index is 404. The Morgan fingerprint density at radius 2 is 2.25 bits per heavy atom. The molecule has 0 amide bonds. The van der Waals surface area contributed by atoms with Gasteiger partial charge in [0.05, 0.1) is 13.2 Å². The van der Waals surface area contributed by atoms with Crippen LogP contribution in [0, 0.1) is 11.8 Å². The number of benzene rings is 1. The molecular formula is C13H15BrO2. The van der Waals surface area contributed by atoms with E-state index in [1.165, 1.54) is 0 Å². The molecule has 0 radical (unpaired) electrons. The number of aliphatic hydroxyl groups is 1. The second-order valence-electron chi connectivity index (χ2n) is 3.37. The van der Waals surface area contributed by atoms with Gasteiger partial charge >= 0.3 is 0 Å². The van der Waals surface area contributed by atoms with Crippen molar-refractivity contribution in [2.75, 3.05) is 7.11 Å². The first-order valence-electron chi connectivity index (χ1n) is 5.10. The van der Waals surface area contributed by atoms with Crippen LogP contribution in [0.2, 0.25) is 0 Å². The number of aliphatic hydroxyl groups excluding tert-OH is 1. The minimum absolute atomic E-state index is 0.534. The molecule has 1 N–H and O–H groups in total. The van der Waals surface area contributed by atoms with Crippen molar-refractivity contribution in [2.45, 2.75) is 25.9 Å². The fourth-order valence-corrected chi connectivity index (χ4v) is 1.83. The van der Waals surface area contributed by atoms with Gasteiger partial charge in [-0.05, 0) is 31.5 Å². The number of hydrogen-bond donors (Lipinski definition) is 1. The lowest BCUT2D eigenvalue weighted by molar-refractivity contribution is 0.165. The summed E-state index contributed by atoms with van der Waals surface area (Å²) in [4.78, 5) is 0. The summed E-state index contributed by atoms with van der Waals surface area (Å²) in [6.45, 7) is 1.80. The van der Waals surface area contributed by atoms with Gasteiger partial charge in [0.2, 0.25) is 0 Å². The van der Waals surface area contributed by atoms with Crippen LogP contribution in [0.1, 0.15) is 31.4 Å². The smallest absolute Gasteiger partial charge is 0.124 e. The topological polar surface area (TPSA) is 29.5 Å². The molecule has 1 rings (SSSR count). The van der Waals surface area contributed by atoms with Crippen LogP contribution in [0.15, 0.2) is 22.7 Å². The SMILES string of the molecule is CC#CCCC(O)c1cc(Br)ccc1OC. The molecule has 0 saturated carbocycles. The van der Waals surface area contributed by atoms with E-state index in [1.54, 1.807) is 14.0 Å². The van der Waals surface area contributed by atoms with Crippen LogP contribution >= 0.6 is 15.9 Å². The Kier molecular flexibility index (Phi) is 5.37. The molecule has 3 heteroatoms. The van der Waals surface area contributed by atoms with E-state index in [4.69, 9.17) is 4.74 Å². The largest absolute Gasteiger partial charge is 0.496 e. The van der Waals surface area contributed by atoms with Gasteiger partial charge in [-0.3, -0.25) is 0 Å². The molecule has 0 spiro atoms. The van der Waals surface area contributed by atoms with Gasteiger partial charge in [0.1, 0.15) is 5.75 Å². The highest BCUT2D eigenvalue weighted by atomic mass is 79.9. The van der Waals surface area contributed by atoms with Crippen LogP contribution in [0.5, 0.6) is 5.75 Å². The highest BCUT2D eigenvalue weighted by Gasteiger charge is 2.12. The molecule has 0 aliphatic carbocycles. The molecule has 0 aromatic heterocycles. The molecule has 16 heavy (non-hydrogen) atoms. The third-order valence-electron chi connectivity index (χ3n) is 2.27. The fourth-order valence-electron chi connectivity index (χ4n) is 1.46. The first kappa shape index (κ1) is 13.1. The molecule has 0 aliphatic heterocycles. The lowest BCUT2D eigenvalue weighted by Gasteiger charge is -2.14. The molecule has 0 heterocycles. The minimum atomic E-state index is -0.534. The molecule has 1 unspecified atom stereocenters. The molecule has 2 nitrogen and oxygen atoms in total. The second kappa shape index (κ2) is 6.57. The first-order chi connectivity index (χ1) is 7.69. The Morgan fingerprint density at radius 1 is 1.50 bits per heavy atom. The Labute approximate surface area is 105 Å². The third kappa shape index (κ3) is 3.55. The number of halogens is 1. The lowest BCUT2D eigenvalue weighted by Crippen LogP contribution is -2.00. The highest BCUT2D eigenvalue weighted by Crippen LogP contribution is 2.30. The van der Waals surface area contributed by atoms with Gasteiger partial charge in [0.15, 0.2) is 0 Å². The fraction of sp³-hybridized carbons (Fsp3) is 0.385. The van der Waals surface area contributed by atoms with Crippen LogP contribution < -0.4 is 4.74 Å². The van der Waals surface area contributed by atoms with Gasteiger partial charge in [0.25, 0.3) is 0 Å². The maximum Gasteiger partial charge on any atom is 0.124 e. The minimum Gasteiger partial charge on any atom is -0.496 e. The van der Waals surface area contributed by atoms with Crippen molar-refractivity contribution in [2.24, 2.45) is 0 Å². The van der Waals surface area contributed by atoms with Crippen LogP contribution in [0.25, 0.3) is 0 Å². The quantitative estimate of drug-likeness (QED) is 0.859. The second-order valence-corrected chi connectivity index (χ2v) is 4.28. The number of methoxy groups -OCH3 is 1. The molecule has 0 fully saturated rings. The van der Waals surface area contributed by atoms with E-state index in [0.29, 0.717) is 18.6 Å². The van der Waals surface area contributed by atoms with E-state index in [0.717, 1.165) is 10.0 Å². The Morgan fingerprint density at radius 3 is 2.88 bits per heavy atom. The third-order valence-corrected chi connectivity index (χ3v) is 2.76. The zero-order chi connectivity index (χ0) is 12.0. The van der Waals surface area contributed by atoms with E-state index < -0.39 is 6.10 Å². The zero-order valence-electron chi connectivity index (χ0n) is 9.46. The molecule has 0 aliphatic rings. The maximum absolute atomic E-state index is 10.0. The number of ether oxygens (including phenoxy) is 1. The number of rotatable bonds is 4. The summed E-state index contributed by atoms with van der Waals surface area (Å²) in [5.41, 5.74) is 0.801. The Balaban J connectivity index is 2.82. The standard InChI is InChI=1S/C13H15BrO2/c1-3-4-5-6-12(15)11-9-10(14)7-8-13(11)16-2/h7-9,12,15H,5-6H2,1-2H3. The van der Waals surface area contributed by atoms with Gasteiger partial charge in [0, 0.05) is 16.5 Å². The van der Waals surface area contributed by atoms with Crippen LogP contribution in [0.4, 0.5) is 0 Å². The zero-order valence-corrected chi connectivity index (χ0v) is 11.0. The average Bonchev–Trinajstić information content (AvgIpc) is 2.29. The summed E-state index contributed by atoms with van der Waals surface area (Å²) in [5, 5.41) is 10.0. The molecule has 1 atom stereocenters. The molecule has 1 aromatic rings. The van der Waals surface area contributed by atoms with Crippen molar-refractivity contribution in [3.8, 4) is 17.6 Å². The van der Waals surface area contributed by atoms with E-state index in [9.17, 15) is 5.11 Å². The lowest BCUT2D eigenvalue weighted by atomic mass is 10.0. The molecule has 0 saturated heterocycles. The molecular weight excluding hydrogens is 268 g/mol. The van der Waals surface area contributed by atoms with Crippen molar-refractivity contribution in [3.63, 3.8) is 0 Å². The van der Waals surface area contributed by atoms with Gasteiger partial charge < -0.3 is 9.84 Å². The Hall–Kier alpha value is -0.980. The first-order valence-corrected chi connectivity index (χ1v) is 5.89. The summed E-state index contributed by atoms with van der Waals surface area (Å²) in [6, 6.07) is 5.61. The van der Waals surface area contributed by atoms with E-state index in [2.05, 4.69) is 27.8 Å². The van der Waals surface area contributed by atoms with Gasteiger partial charge in [-0.25, -0.2) is 0 Å². The van der Waals surface area contributed by atoms with E-state index in [-0.39, 0.29) is 0 Å². The van der Waals surface area contributed by atoms with Crippen molar-refractivity contribution in [1.82, 2.24) is 0 Å². The van der Waals surface area contributed by atoms with Crippen LogP contribution in [-0.4, -0.2) is 12.2 Å². The van der Waals surface area contributed by atoms with Crippen molar-refractivity contribution >= 4 is 15.9 Å². The summed E-state index contributed by atoms with van der Waals surface area (Å²) in [5.74, 6) is 6.46. The average molecular weight is 283 g/mol. The van der Waals surface area contributed by atoms with E-state index >= 15 is 0 Å². The van der Waals surface area contributed by atoms with Crippen LogP contribution in [-0.2, 0) is 0 Å². The number of hydrogen-bond acceptors (Lipinski definition) is 2. The summed E-state index contributed by atoms with van der Waals surface area (Å²) in [7, 11) is 1.60. The summed E-state index contributed by atoms with van der Waals surface area (Å²) in [6.07, 6.45) is 0.773. The van der Waals surface area contributed by atoms with Crippen molar-refractivity contribution in [1.29, 1.82) is 0 Å².